The molecule has 1 saturated heterocycles. The van der Waals surface area contributed by atoms with E-state index >= 15 is 0 Å². The van der Waals surface area contributed by atoms with E-state index in [2.05, 4.69) is 43.2 Å². The molecule has 170 valence electrons. The van der Waals surface area contributed by atoms with Gasteiger partial charge >= 0.3 is 0 Å². The van der Waals surface area contributed by atoms with Crippen molar-refractivity contribution in [2.24, 2.45) is 0 Å². The van der Waals surface area contributed by atoms with Crippen molar-refractivity contribution in [1.82, 2.24) is 19.4 Å². The summed E-state index contributed by atoms with van der Waals surface area (Å²) in [6.45, 7) is 8.84. The largest absolute Gasteiger partial charge is 0.368 e. The van der Waals surface area contributed by atoms with E-state index in [1.54, 1.807) is 25.7 Å². The minimum Gasteiger partial charge on any atom is -0.368 e. The van der Waals surface area contributed by atoms with Gasteiger partial charge in [-0.1, -0.05) is 17.7 Å². The van der Waals surface area contributed by atoms with Gasteiger partial charge in [0, 0.05) is 67.0 Å². The van der Waals surface area contributed by atoms with E-state index in [-0.39, 0.29) is 0 Å². The molecule has 1 aliphatic rings. The van der Waals surface area contributed by atoms with Gasteiger partial charge in [0.1, 0.15) is 12.8 Å². The Bertz CT molecular complexity index is 1360. The Morgan fingerprint density at radius 2 is 1.67 bits per heavy atom. The molecule has 0 bridgehead atoms. The lowest BCUT2D eigenvalue weighted by atomic mass is 10.1. The van der Waals surface area contributed by atoms with E-state index in [0.29, 0.717) is 16.3 Å². The molecule has 0 amide bonds. The molecule has 9 heteroatoms. The molecule has 0 saturated carbocycles. The number of hydrogen-bond donors (Lipinski definition) is 0. The predicted molar refractivity (Wildman–Crippen MR) is 136 cm³/mol. The molecule has 0 aliphatic carbocycles. The van der Waals surface area contributed by atoms with Crippen LogP contribution in [-0.4, -0.2) is 58.9 Å². The van der Waals surface area contributed by atoms with Crippen LogP contribution in [0.15, 0.2) is 55.0 Å². The molecule has 0 unspecified atom stereocenters. The zero-order valence-electron chi connectivity index (χ0n) is 18.9. The van der Waals surface area contributed by atoms with Gasteiger partial charge in [0.2, 0.25) is 5.95 Å². The summed E-state index contributed by atoms with van der Waals surface area (Å²) >= 11 is 6.60. The van der Waals surface area contributed by atoms with Gasteiger partial charge in [-0.25, -0.2) is 15.0 Å². The minimum absolute atomic E-state index is 0.684. The number of fused-ring (bicyclic) bond motifs is 1. The van der Waals surface area contributed by atoms with E-state index in [4.69, 9.17) is 16.6 Å². The van der Waals surface area contributed by atoms with Gasteiger partial charge in [-0.15, -0.1) is 0 Å². The lowest BCUT2D eigenvalue weighted by molar-refractivity contribution is 0.588. The molecule has 3 aromatic heterocycles. The zero-order valence-corrected chi connectivity index (χ0v) is 20.6. The molecule has 0 spiro atoms. The Kier molecular flexibility index (Phi) is 5.63. The lowest BCUT2D eigenvalue weighted by Gasteiger charge is -2.36. The highest BCUT2D eigenvalue weighted by Crippen LogP contribution is 2.35. The smallest absolute Gasteiger partial charge is 0.225 e. The first kappa shape index (κ1) is 21.9. The van der Waals surface area contributed by atoms with E-state index in [1.807, 2.05) is 30.5 Å². The summed E-state index contributed by atoms with van der Waals surface area (Å²) in [6, 6.07) is 12.2. The second kappa shape index (κ2) is 8.47. The molecule has 1 aliphatic heterocycles. The van der Waals surface area contributed by atoms with Gasteiger partial charge in [0.15, 0.2) is 0 Å². The number of aromatic nitrogens is 4. The highest BCUT2D eigenvalue weighted by atomic mass is 35.5. The van der Waals surface area contributed by atoms with E-state index in [0.717, 1.165) is 54.5 Å². The van der Waals surface area contributed by atoms with Crippen molar-refractivity contribution in [3.05, 3.63) is 65.7 Å². The SMILES string of the molecule is Cc1c(-c2cc(N3CCN(c4ncc(P(C)(C)=O)cn4)CC3)ccc2Cl)nc2ccccn12. The molecule has 5 rings (SSSR count). The maximum absolute atomic E-state index is 12.2. The van der Waals surface area contributed by atoms with E-state index in [1.165, 1.54) is 0 Å². The van der Waals surface area contributed by atoms with Crippen LogP contribution in [0.1, 0.15) is 5.69 Å². The van der Waals surface area contributed by atoms with E-state index in [9.17, 15) is 4.57 Å². The van der Waals surface area contributed by atoms with Crippen molar-refractivity contribution in [3.63, 3.8) is 0 Å². The molecular weight excluding hydrogens is 455 g/mol. The first-order valence-electron chi connectivity index (χ1n) is 10.9. The van der Waals surface area contributed by atoms with Crippen LogP contribution in [0.2, 0.25) is 5.02 Å². The Balaban J connectivity index is 1.35. The summed E-state index contributed by atoms with van der Waals surface area (Å²) in [6.07, 6.45) is 5.41. The number of nitrogens with zero attached hydrogens (tertiary/aromatic N) is 6. The molecule has 1 aromatic carbocycles. The third kappa shape index (κ3) is 4.23. The number of benzene rings is 1. The third-order valence-corrected chi connectivity index (χ3v) is 7.95. The Morgan fingerprint density at radius 1 is 0.970 bits per heavy atom. The molecule has 0 N–H and O–H groups in total. The first-order chi connectivity index (χ1) is 15.8. The first-order valence-corrected chi connectivity index (χ1v) is 13.9. The average molecular weight is 481 g/mol. The van der Waals surface area contributed by atoms with Crippen LogP contribution in [0.3, 0.4) is 0 Å². The second-order valence-corrected chi connectivity index (χ2v) is 12.3. The number of anilines is 2. The molecule has 4 aromatic rings. The number of hydrogen-bond acceptors (Lipinski definition) is 6. The van der Waals surface area contributed by atoms with Crippen LogP contribution in [0.25, 0.3) is 16.9 Å². The Morgan fingerprint density at radius 3 is 2.33 bits per heavy atom. The monoisotopic (exact) mass is 480 g/mol. The number of imidazole rings is 1. The van der Waals surface area contributed by atoms with Crippen LogP contribution in [0.4, 0.5) is 11.6 Å². The summed E-state index contributed by atoms with van der Waals surface area (Å²) < 4.78 is 14.3. The average Bonchev–Trinajstić information content (AvgIpc) is 3.15. The molecule has 4 heterocycles. The maximum atomic E-state index is 12.2. The molecule has 0 atom stereocenters. The summed E-state index contributed by atoms with van der Waals surface area (Å²) in [5, 5.41) is 1.40. The van der Waals surface area contributed by atoms with Crippen molar-refractivity contribution in [2.75, 3.05) is 49.3 Å². The normalized spacial score (nSPS) is 14.8. The molecule has 33 heavy (non-hydrogen) atoms. The number of halogens is 1. The van der Waals surface area contributed by atoms with Gasteiger partial charge < -0.3 is 18.8 Å². The van der Waals surface area contributed by atoms with Crippen LogP contribution < -0.4 is 15.1 Å². The number of piperazine rings is 1. The van der Waals surface area contributed by atoms with Crippen LogP contribution in [0, 0.1) is 6.92 Å². The third-order valence-electron chi connectivity index (χ3n) is 6.15. The highest BCUT2D eigenvalue weighted by Gasteiger charge is 2.22. The number of aryl methyl sites for hydroxylation is 1. The zero-order chi connectivity index (χ0) is 23.2. The fourth-order valence-corrected chi connectivity index (χ4v) is 5.06. The fraction of sp³-hybridized carbons (Fsp3) is 0.292. The summed E-state index contributed by atoms with van der Waals surface area (Å²) in [4.78, 5) is 18.3. The minimum atomic E-state index is -2.35. The lowest BCUT2D eigenvalue weighted by Crippen LogP contribution is -2.47. The standard InChI is InChI=1S/C24H26ClN6OP/c1-17-23(28-22-6-4-5-9-31(17)22)20-14-18(7-8-21(20)25)29-10-12-30(13-11-29)24-26-15-19(16-27-24)33(2,3)32/h4-9,14-16H,10-13H2,1-3H3. The molecule has 7 nitrogen and oxygen atoms in total. The Labute approximate surface area is 198 Å². The van der Waals surface area contributed by atoms with Crippen molar-refractivity contribution >= 4 is 41.3 Å². The highest BCUT2D eigenvalue weighted by molar-refractivity contribution is 7.70. The topological polar surface area (TPSA) is 66.6 Å². The quantitative estimate of drug-likeness (QED) is 0.405. The van der Waals surface area contributed by atoms with Crippen molar-refractivity contribution in [3.8, 4) is 11.3 Å². The van der Waals surface area contributed by atoms with Crippen molar-refractivity contribution < 1.29 is 4.57 Å². The summed E-state index contributed by atoms with van der Waals surface area (Å²) in [5.74, 6) is 0.684. The molecule has 0 radical (unpaired) electrons. The van der Waals surface area contributed by atoms with Gasteiger partial charge in [0.05, 0.1) is 10.7 Å². The van der Waals surface area contributed by atoms with Gasteiger partial charge in [-0.05, 0) is 50.6 Å². The fourth-order valence-electron chi connectivity index (χ4n) is 4.19. The maximum Gasteiger partial charge on any atom is 0.225 e. The van der Waals surface area contributed by atoms with Gasteiger partial charge in [-0.3, -0.25) is 0 Å². The predicted octanol–water partition coefficient (Wildman–Crippen LogP) is 4.33. The van der Waals surface area contributed by atoms with Crippen molar-refractivity contribution in [2.45, 2.75) is 6.92 Å². The van der Waals surface area contributed by atoms with Crippen molar-refractivity contribution in [1.29, 1.82) is 0 Å². The number of pyridine rings is 1. The van der Waals surface area contributed by atoms with Crippen LogP contribution >= 0.6 is 18.7 Å². The molecular formula is C24H26ClN6OP. The van der Waals surface area contributed by atoms with Crippen LogP contribution in [-0.2, 0) is 4.57 Å². The second-order valence-electron chi connectivity index (χ2n) is 8.71. The number of rotatable bonds is 4. The van der Waals surface area contributed by atoms with E-state index < -0.39 is 7.14 Å². The molecule has 1 fully saturated rings. The Hall–Kier alpha value is -2.89. The van der Waals surface area contributed by atoms with Gasteiger partial charge in [0.25, 0.3) is 0 Å². The summed E-state index contributed by atoms with van der Waals surface area (Å²) in [5.41, 5.74) is 4.96. The van der Waals surface area contributed by atoms with Gasteiger partial charge in [-0.2, -0.15) is 0 Å². The summed E-state index contributed by atoms with van der Waals surface area (Å²) in [7, 11) is -2.35. The van der Waals surface area contributed by atoms with Crippen LogP contribution in [0.5, 0.6) is 0 Å².